The van der Waals surface area contributed by atoms with Gasteiger partial charge in [0, 0.05) is 5.56 Å². The molecule has 4 aromatic rings. The van der Waals surface area contributed by atoms with Crippen molar-refractivity contribution in [3.05, 3.63) is 46.8 Å². The van der Waals surface area contributed by atoms with E-state index >= 15 is 0 Å². The number of rotatable bonds is 2. The number of aromatic nitrogens is 4. The van der Waals surface area contributed by atoms with Gasteiger partial charge in [-0.15, -0.1) is 21.5 Å². The van der Waals surface area contributed by atoms with E-state index in [4.69, 9.17) is 0 Å². The van der Waals surface area contributed by atoms with E-state index in [-0.39, 0.29) is 0 Å². The lowest BCUT2D eigenvalue weighted by Crippen LogP contribution is -1.89. The van der Waals surface area contributed by atoms with Crippen molar-refractivity contribution in [2.45, 2.75) is 13.8 Å². The second-order valence-electron chi connectivity index (χ2n) is 4.90. The molecule has 0 N–H and O–H groups in total. The number of hydrogen-bond donors (Lipinski definition) is 0. The zero-order valence-electron chi connectivity index (χ0n) is 11.6. The van der Waals surface area contributed by atoms with Gasteiger partial charge in [0.15, 0.2) is 5.82 Å². The smallest absolute Gasteiger partial charge is 0.181 e. The molecule has 1 aromatic carbocycles. The largest absolute Gasteiger partial charge is 0.235 e. The van der Waals surface area contributed by atoms with Crippen LogP contribution in [0.25, 0.3) is 26.2 Å². The Morgan fingerprint density at radius 1 is 1.05 bits per heavy atom. The molecule has 0 radical (unpaired) electrons. The molecule has 0 aliphatic heterocycles. The molecule has 0 atom stereocenters. The van der Waals surface area contributed by atoms with Gasteiger partial charge in [-0.2, -0.15) is 9.61 Å². The third kappa shape index (κ3) is 2.07. The molecular formula is C15H12N4S2. The van der Waals surface area contributed by atoms with Crippen molar-refractivity contribution >= 4 is 27.6 Å². The summed E-state index contributed by atoms with van der Waals surface area (Å²) in [6, 6.07) is 10.5. The van der Waals surface area contributed by atoms with Crippen LogP contribution in [0.1, 0.15) is 11.1 Å². The first-order chi connectivity index (χ1) is 10.2. The van der Waals surface area contributed by atoms with E-state index in [0.29, 0.717) is 0 Å². The molecular weight excluding hydrogens is 300 g/mol. The van der Waals surface area contributed by atoms with Crippen molar-refractivity contribution in [2.24, 2.45) is 0 Å². The Hall–Kier alpha value is -2.05. The Morgan fingerprint density at radius 3 is 2.71 bits per heavy atom. The molecule has 0 spiro atoms. The molecule has 0 fully saturated rings. The van der Waals surface area contributed by atoms with Gasteiger partial charge in [-0.1, -0.05) is 29.5 Å². The maximum absolute atomic E-state index is 4.69. The molecule has 0 saturated heterocycles. The topological polar surface area (TPSA) is 43.1 Å². The molecule has 0 aliphatic rings. The molecule has 4 nitrogen and oxygen atoms in total. The minimum absolute atomic E-state index is 0.811. The summed E-state index contributed by atoms with van der Waals surface area (Å²) in [5.41, 5.74) is 3.70. The molecule has 21 heavy (non-hydrogen) atoms. The summed E-state index contributed by atoms with van der Waals surface area (Å²) in [4.78, 5) is 1.91. The van der Waals surface area contributed by atoms with Crippen LogP contribution in [0, 0.1) is 13.8 Å². The fourth-order valence-corrected chi connectivity index (χ4v) is 3.70. The summed E-state index contributed by atoms with van der Waals surface area (Å²) in [5, 5.41) is 16.2. The van der Waals surface area contributed by atoms with Gasteiger partial charge in [-0.05, 0) is 42.5 Å². The molecule has 0 unspecified atom stereocenters. The number of fused-ring (bicyclic) bond motifs is 1. The van der Waals surface area contributed by atoms with Crippen LogP contribution in [0.15, 0.2) is 35.7 Å². The number of aryl methyl sites for hydroxylation is 2. The highest BCUT2D eigenvalue weighted by Gasteiger charge is 2.15. The van der Waals surface area contributed by atoms with Gasteiger partial charge in [0.25, 0.3) is 0 Å². The zero-order valence-corrected chi connectivity index (χ0v) is 13.2. The van der Waals surface area contributed by atoms with Gasteiger partial charge < -0.3 is 0 Å². The van der Waals surface area contributed by atoms with E-state index in [1.165, 1.54) is 11.1 Å². The quantitative estimate of drug-likeness (QED) is 0.557. The van der Waals surface area contributed by atoms with Crippen molar-refractivity contribution in [1.82, 2.24) is 19.8 Å². The van der Waals surface area contributed by atoms with E-state index in [1.807, 2.05) is 22.0 Å². The molecule has 6 heteroatoms. The van der Waals surface area contributed by atoms with Crippen LogP contribution in [-0.2, 0) is 0 Å². The monoisotopic (exact) mass is 312 g/mol. The first-order valence-electron chi connectivity index (χ1n) is 6.56. The third-order valence-electron chi connectivity index (χ3n) is 3.49. The predicted molar refractivity (Wildman–Crippen MR) is 86.9 cm³/mol. The second-order valence-corrected chi connectivity index (χ2v) is 6.81. The standard InChI is InChI=1S/C15H12N4S2/c1-9-5-6-11(8-10(9)2)14-18-19-13(12-4-3-7-20-12)16-17-15(19)21-14/h3-8H,1-2H3. The molecule has 3 heterocycles. The number of benzene rings is 1. The minimum Gasteiger partial charge on any atom is -0.181 e. The van der Waals surface area contributed by atoms with Gasteiger partial charge in [-0.3, -0.25) is 0 Å². The molecule has 0 amide bonds. The third-order valence-corrected chi connectivity index (χ3v) is 5.30. The summed E-state index contributed by atoms with van der Waals surface area (Å²) in [7, 11) is 0. The van der Waals surface area contributed by atoms with Gasteiger partial charge in [-0.25, -0.2) is 0 Å². The average Bonchev–Trinajstić information content (AvgIpc) is 3.16. The van der Waals surface area contributed by atoms with Crippen LogP contribution in [0.2, 0.25) is 0 Å². The van der Waals surface area contributed by atoms with E-state index < -0.39 is 0 Å². The molecule has 0 saturated carbocycles. The van der Waals surface area contributed by atoms with Crippen molar-refractivity contribution < 1.29 is 0 Å². The van der Waals surface area contributed by atoms with Crippen molar-refractivity contribution in [2.75, 3.05) is 0 Å². The number of nitrogens with zero attached hydrogens (tertiary/aromatic N) is 4. The first kappa shape index (κ1) is 12.7. The fraction of sp³-hybridized carbons (Fsp3) is 0.133. The normalized spacial score (nSPS) is 11.3. The Balaban J connectivity index is 1.86. The second kappa shape index (κ2) is 4.75. The molecule has 0 aliphatic carbocycles. The van der Waals surface area contributed by atoms with Gasteiger partial charge in [0.05, 0.1) is 4.88 Å². The van der Waals surface area contributed by atoms with Crippen LogP contribution in [-0.4, -0.2) is 19.8 Å². The lowest BCUT2D eigenvalue weighted by Gasteiger charge is -2.01. The van der Waals surface area contributed by atoms with Crippen molar-refractivity contribution in [3.8, 4) is 21.3 Å². The van der Waals surface area contributed by atoms with Crippen LogP contribution >= 0.6 is 22.7 Å². The van der Waals surface area contributed by atoms with E-state index in [1.54, 1.807) is 22.7 Å². The van der Waals surface area contributed by atoms with E-state index in [0.717, 1.165) is 26.2 Å². The summed E-state index contributed by atoms with van der Waals surface area (Å²) in [6.07, 6.45) is 0. The SMILES string of the molecule is Cc1ccc(-c2nn3c(-c4cccs4)nnc3s2)cc1C. The Kier molecular flexibility index (Phi) is 2.87. The van der Waals surface area contributed by atoms with Gasteiger partial charge >= 0.3 is 0 Å². The Labute approximate surface area is 129 Å². The summed E-state index contributed by atoms with van der Waals surface area (Å²) >= 11 is 3.21. The van der Waals surface area contributed by atoms with Crippen LogP contribution < -0.4 is 0 Å². The summed E-state index contributed by atoms with van der Waals surface area (Å²) < 4.78 is 1.83. The van der Waals surface area contributed by atoms with Gasteiger partial charge in [0.1, 0.15) is 5.01 Å². The molecule has 104 valence electrons. The highest BCUT2D eigenvalue weighted by Crippen LogP contribution is 2.30. The Morgan fingerprint density at radius 2 is 1.95 bits per heavy atom. The molecule has 0 bridgehead atoms. The van der Waals surface area contributed by atoms with Crippen LogP contribution in [0.3, 0.4) is 0 Å². The lowest BCUT2D eigenvalue weighted by molar-refractivity contribution is 0.974. The number of thiophene rings is 1. The summed E-state index contributed by atoms with van der Waals surface area (Å²) in [5.74, 6) is 0.811. The first-order valence-corrected chi connectivity index (χ1v) is 8.26. The molecule has 4 rings (SSSR count). The van der Waals surface area contributed by atoms with Crippen LogP contribution in [0.5, 0.6) is 0 Å². The van der Waals surface area contributed by atoms with Crippen LogP contribution in [0.4, 0.5) is 0 Å². The van der Waals surface area contributed by atoms with E-state index in [2.05, 4.69) is 47.3 Å². The Bertz CT molecular complexity index is 919. The van der Waals surface area contributed by atoms with E-state index in [9.17, 15) is 0 Å². The summed E-state index contributed by atoms with van der Waals surface area (Å²) in [6.45, 7) is 4.24. The van der Waals surface area contributed by atoms with Crippen molar-refractivity contribution in [1.29, 1.82) is 0 Å². The van der Waals surface area contributed by atoms with Crippen molar-refractivity contribution in [3.63, 3.8) is 0 Å². The maximum Gasteiger partial charge on any atom is 0.235 e. The van der Waals surface area contributed by atoms with Gasteiger partial charge in [0.2, 0.25) is 4.96 Å². The lowest BCUT2D eigenvalue weighted by atomic mass is 10.1. The highest BCUT2D eigenvalue weighted by atomic mass is 32.1. The molecule has 3 aromatic heterocycles. The maximum atomic E-state index is 4.69. The number of hydrogen-bond acceptors (Lipinski definition) is 5. The fourth-order valence-electron chi connectivity index (χ4n) is 2.17. The average molecular weight is 312 g/mol. The predicted octanol–water partition coefficient (Wildman–Crippen LogP) is 4.20. The zero-order chi connectivity index (χ0) is 14.4. The minimum atomic E-state index is 0.811. The highest BCUT2D eigenvalue weighted by molar-refractivity contribution is 7.19.